The largest absolute Gasteiger partial charge is 0.491 e. The van der Waals surface area contributed by atoms with Crippen molar-refractivity contribution in [2.75, 3.05) is 60.0 Å². The molecule has 0 amide bonds. The van der Waals surface area contributed by atoms with Crippen LogP contribution in [0.5, 0.6) is 23.0 Å². The molecule has 2 aliphatic heterocycles. The summed E-state index contributed by atoms with van der Waals surface area (Å²) < 4.78 is 188. The Kier molecular flexibility index (Phi) is 37.9. The van der Waals surface area contributed by atoms with E-state index in [2.05, 4.69) is 31.9 Å². The Morgan fingerprint density at radius 3 is 0.733 bits per heavy atom. The van der Waals surface area contributed by atoms with Gasteiger partial charge in [0, 0.05) is 55.8 Å². The van der Waals surface area contributed by atoms with Crippen molar-refractivity contribution in [1.82, 2.24) is 0 Å². The molecule has 0 atom stereocenters. The van der Waals surface area contributed by atoms with E-state index in [-0.39, 0.29) is 92.2 Å². The van der Waals surface area contributed by atoms with Crippen molar-refractivity contribution in [1.29, 1.82) is 0 Å². The van der Waals surface area contributed by atoms with Crippen LogP contribution in [0.3, 0.4) is 0 Å². The third-order valence-electron chi connectivity index (χ3n) is 22.3. The number of rotatable bonds is 20. The van der Waals surface area contributed by atoms with Gasteiger partial charge in [0.1, 0.15) is 0 Å². The molecule has 0 spiro atoms. The molecule has 0 radical (unpaired) electrons. The van der Waals surface area contributed by atoms with Crippen LogP contribution in [-0.4, -0.2) is 66.1 Å². The Hall–Kier alpha value is -7.75. The maximum absolute atomic E-state index is 14.4. The first-order valence-electron chi connectivity index (χ1n) is 41.0. The lowest BCUT2D eigenvalue weighted by molar-refractivity contribution is 0.0659. The molecule has 6 fully saturated rings. The summed E-state index contributed by atoms with van der Waals surface area (Å²) in [6.07, 6.45) is 26.6. The molecular formula is C96H109Br2F11O7. The van der Waals surface area contributed by atoms with E-state index in [4.69, 9.17) is 33.2 Å². The minimum absolute atomic E-state index is 0.0460. The van der Waals surface area contributed by atoms with Gasteiger partial charge in [0.25, 0.3) is 0 Å². The first-order chi connectivity index (χ1) is 56.1. The molecular weight excluding hydrogens is 1630 g/mol. The Morgan fingerprint density at radius 2 is 0.543 bits per heavy atom. The fraction of sp³-hybridized carbons (Fsp3) is 0.438. The zero-order valence-corrected chi connectivity index (χ0v) is 70.4. The van der Waals surface area contributed by atoms with E-state index in [9.17, 15) is 48.3 Å². The second-order valence-corrected chi connectivity index (χ2v) is 31.5. The molecule has 6 aliphatic rings. The molecule has 8 aromatic rings. The minimum Gasteiger partial charge on any atom is -0.491 e. The molecule has 14 rings (SSSR count). The average Bonchev–Trinajstić information content (AvgIpc) is 0.913. The van der Waals surface area contributed by atoms with Crippen LogP contribution in [0.4, 0.5) is 48.3 Å². The standard InChI is InChI=1S/C23H25F3O.2C22H22BrF3O.C21H24F2O2.2C4H8O/c1-3-27-21-13-12-20(22(25)23(21)26)19-10-8-18(9-11-19)17-6-4-16(5-7-17)14-15(2)24;2*1-2-27-19-12-11-18(21(25)22(19)26)17-9-7-16(8-10-17)15-5-3-14(4-6-15)13-20(23)24;1-3-25-19-13-12-18(20(22)21(19)23)16-6-4-14(5-7-16)15-8-10-17(24-2)11-9-15;2*1-2-4-5-3-1/h8-14,16-17H,3-7H2,1-2H3;2*7-15H,2-6H2,1H3;4-7,12-13,15,17H,3,8-11H2,1-2H3;2*1-4H2/b15-14-;20-13-;;;;. The third kappa shape index (κ3) is 27.1. The van der Waals surface area contributed by atoms with Crippen molar-refractivity contribution in [3.8, 4) is 67.5 Å². The summed E-state index contributed by atoms with van der Waals surface area (Å²) in [6.45, 7) is 13.6. The van der Waals surface area contributed by atoms with Crippen molar-refractivity contribution in [2.24, 2.45) is 17.8 Å². The number of allylic oxidation sites excluding steroid dienone is 4. The summed E-state index contributed by atoms with van der Waals surface area (Å²) in [7, 11) is 1.77. The van der Waals surface area contributed by atoms with Crippen molar-refractivity contribution in [3.63, 3.8) is 0 Å². The second kappa shape index (κ2) is 47.7. The lowest BCUT2D eigenvalue weighted by Gasteiger charge is -2.28. The lowest BCUT2D eigenvalue weighted by atomic mass is 9.78. The van der Waals surface area contributed by atoms with Gasteiger partial charge in [0.2, 0.25) is 23.3 Å². The van der Waals surface area contributed by atoms with E-state index < -0.39 is 46.5 Å². The predicted octanol–water partition coefficient (Wildman–Crippen LogP) is 29.5. The molecule has 4 aliphatic carbocycles. The lowest BCUT2D eigenvalue weighted by Crippen LogP contribution is -2.19. The topological polar surface area (TPSA) is 64.6 Å². The number of methoxy groups -OCH3 is 1. The highest BCUT2D eigenvalue weighted by Crippen LogP contribution is 2.44. The van der Waals surface area contributed by atoms with Gasteiger partial charge < -0.3 is 33.2 Å². The quantitative estimate of drug-likeness (QED) is 0.0705. The van der Waals surface area contributed by atoms with Crippen LogP contribution in [0, 0.1) is 64.3 Å². The summed E-state index contributed by atoms with van der Waals surface area (Å²) in [4.78, 5) is 0. The average molecular weight is 1740 g/mol. The smallest absolute Gasteiger partial charge is 0.201 e. The van der Waals surface area contributed by atoms with E-state index >= 15 is 0 Å². The third-order valence-corrected chi connectivity index (χ3v) is 22.9. The van der Waals surface area contributed by atoms with Crippen molar-refractivity contribution >= 4 is 31.9 Å². The van der Waals surface area contributed by atoms with Gasteiger partial charge in [-0.1, -0.05) is 103 Å². The zero-order valence-electron chi connectivity index (χ0n) is 67.3. The minimum atomic E-state index is -0.955. The number of halogens is 13. The van der Waals surface area contributed by atoms with Gasteiger partial charge in [-0.15, -0.1) is 0 Å². The zero-order chi connectivity index (χ0) is 83.0. The van der Waals surface area contributed by atoms with E-state index in [0.717, 1.165) is 129 Å². The predicted molar refractivity (Wildman–Crippen MR) is 449 cm³/mol. The second-order valence-electron chi connectivity index (χ2n) is 30.0. The van der Waals surface area contributed by atoms with Crippen LogP contribution in [0.25, 0.3) is 44.5 Å². The Morgan fingerprint density at radius 1 is 0.319 bits per heavy atom. The van der Waals surface area contributed by atoms with Crippen LogP contribution < -0.4 is 18.9 Å². The van der Waals surface area contributed by atoms with Crippen molar-refractivity contribution in [2.45, 2.75) is 193 Å². The molecule has 2 heterocycles. The normalized spacial score (nSPS) is 20.8. The van der Waals surface area contributed by atoms with Crippen molar-refractivity contribution in [3.05, 3.63) is 248 Å². The molecule has 4 saturated carbocycles. The molecule has 2 saturated heterocycles. The molecule has 20 heteroatoms. The SMILES string of the molecule is C1CCOC1.C1CCOC1.CCOc1ccc(-c2ccc(C3CCC(/C=C(/C)F)CC3)cc2)c(F)c1F.CCOc1ccc(-c2ccc(C3CCC(/C=C(\F)Br)CC3)cc2)c(F)c1F.CCOc1ccc(-c2ccc(C3CCC(C=C(F)Br)CC3)cc2)c(F)c1F.CCOc1ccc(-c2ccc(C3CCC(OC)CC3)cc2)c(F)c1F. The van der Waals surface area contributed by atoms with Crippen LogP contribution >= 0.6 is 31.9 Å². The molecule has 0 N–H and O–H groups in total. The molecule has 7 nitrogen and oxygen atoms in total. The molecule has 0 unspecified atom stereocenters. The molecule has 8 aromatic carbocycles. The van der Waals surface area contributed by atoms with E-state index in [1.54, 1.807) is 77.3 Å². The molecule has 116 heavy (non-hydrogen) atoms. The van der Waals surface area contributed by atoms with Gasteiger partial charge in [-0.3, -0.25) is 0 Å². The Balaban J connectivity index is 0.000000169. The van der Waals surface area contributed by atoms with E-state index in [0.29, 0.717) is 64.6 Å². The summed E-state index contributed by atoms with van der Waals surface area (Å²) in [6, 6.07) is 42.8. The Bertz CT molecular complexity index is 4040. The summed E-state index contributed by atoms with van der Waals surface area (Å²) in [5.41, 5.74) is 8.36. The van der Waals surface area contributed by atoms with Crippen LogP contribution in [0.2, 0.25) is 0 Å². The van der Waals surface area contributed by atoms with Gasteiger partial charge in [-0.25, -0.2) is 22.0 Å². The number of benzene rings is 8. The molecule has 0 bridgehead atoms. The summed E-state index contributed by atoms with van der Waals surface area (Å²) in [5, 5.41) is 0. The van der Waals surface area contributed by atoms with E-state index in [1.807, 2.05) is 97.1 Å². The van der Waals surface area contributed by atoms with Crippen LogP contribution in [0.15, 0.2) is 179 Å². The maximum Gasteiger partial charge on any atom is 0.201 e. The monoisotopic (exact) mass is 1740 g/mol. The number of hydrogen-bond acceptors (Lipinski definition) is 7. The van der Waals surface area contributed by atoms with Crippen LogP contribution in [0.1, 0.15) is 209 Å². The van der Waals surface area contributed by atoms with Gasteiger partial charge in [0.15, 0.2) is 55.7 Å². The van der Waals surface area contributed by atoms with Gasteiger partial charge >= 0.3 is 0 Å². The highest BCUT2D eigenvalue weighted by Gasteiger charge is 2.28. The van der Waals surface area contributed by atoms with Gasteiger partial charge in [-0.05, 0) is 342 Å². The highest BCUT2D eigenvalue weighted by molar-refractivity contribution is 9.11. The van der Waals surface area contributed by atoms with Crippen molar-refractivity contribution < 1.29 is 81.5 Å². The van der Waals surface area contributed by atoms with Gasteiger partial charge in [-0.2, -0.15) is 26.3 Å². The maximum atomic E-state index is 14.4. The first-order valence-corrected chi connectivity index (χ1v) is 42.6. The molecule has 0 aromatic heterocycles. The number of ether oxygens (including phenoxy) is 7. The van der Waals surface area contributed by atoms with Gasteiger partial charge in [0.05, 0.1) is 38.4 Å². The number of hydrogen-bond donors (Lipinski definition) is 0. The molecule has 626 valence electrons. The van der Waals surface area contributed by atoms with Crippen LogP contribution in [-0.2, 0) is 14.2 Å². The first kappa shape index (κ1) is 92.1. The highest BCUT2D eigenvalue weighted by atomic mass is 79.9. The van der Waals surface area contributed by atoms with E-state index in [1.165, 1.54) is 79.1 Å². The Labute approximate surface area is 695 Å². The fourth-order valence-corrected chi connectivity index (χ4v) is 16.8. The fourth-order valence-electron chi connectivity index (χ4n) is 16.0. The summed E-state index contributed by atoms with van der Waals surface area (Å²) >= 11 is 5.71. The summed E-state index contributed by atoms with van der Waals surface area (Å²) in [5.74, 6) is -5.00.